The van der Waals surface area contributed by atoms with Gasteiger partial charge in [-0.1, -0.05) is 56.9 Å². The predicted octanol–water partition coefficient (Wildman–Crippen LogP) is 5.43. The summed E-state index contributed by atoms with van der Waals surface area (Å²) < 4.78 is 5.59. The summed E-state index contributed by atoms with van der Waals surface area (Å²) in [5, 5.41) is 18.9. The fraction of sp³-hybridized carbons (Fsp3) is 0.692. The van der Waals surface area contributed by atoms with Crippen molar-refractivity contribution in [3.8, 4) is 11.8 Å². The number of ether oxygens (including phenoxy) is 1. The molecule has 1 fully saturated rings. The predicted molar refractivity (Wildman–Crippen MR) is 123 cm³/mol. The molecule has 1 saturated carbocycles. The summed E-state index contributed by atoms with van der Waals surface area (Å²) in [4.78, 5) is 22.4. The van der Waals surface area contributed by atoms with Crippen molar-refractivity contribution in [1.29, 1.82) is 0 Å². The van der Waals surface area contributed by atoms with Crippen LogP contribution in [0.2, 0.25) is 0 Å². The summed E-state index contributed by atoms with van der Waals surface area (Å²) >= 11 is 0. The standard InChI is InChI=1S/C26H40O5/c1-3-4-5-6-7-8-16-23(28)17-11-9-14-22-15-10-12-18-24(22)25(31-21(2)27)19-13-20-26(29)30/h9,11,14,17,22-25,28H,3-6,10,12-13,15-16,18-20H2,1-2H3,(H,29,30)/b14-9+,17-11+/t22-,23?,24+,25?/m0/s1. The van der Waals surface area contributed by atoms with Crippen LogP contribution in [0, 0.1) is 23.7 Å². The van der Waals surface area contributed by atoms with Gasteiger partial charge in [0.1, 0.15) is 6.10 Å². The maximum atomic E-state index is 11.6. The second kappa shape index (κ2) is 16.6. The van der Waals surface area contributed by atoms with Gasteiger partial charge in [-0.05, 0) is 38.0 Å². The van der Waals surface area contributed by atoms with Crippen LogP contribution in [0.5, 0.6) is 0 Å². The largest absolute Gasteiger partial charge is 0.481 e. The van der Waals surface area contributed by atoms with Gasteiger partial charge in [0.25, 0.3) is 0 Å². The topological polar surface area (TPSA) is 83.8 Å². The maximum absolute atomic E-state index is 11.6. The van der Waals surface area contributed by atoms with Gasteiger partial charge in [0.2, 0.25) is 0 Å². The average Bonchev–Trinajstić information content (AvgIpc) is 2.73. The zero-order valence-corrected chi connectivity index (χ0v) is 19.2. The first kappa shape index (κ1) is 27.0. The van der Waals surface area contributed by atoms with Crippen molar-refractivity contribution in [3.63, 3.8) is 0 Å². The molecular weight excluding hydrogens is 392 g/mol. The van der Waals surface area contributed by atoms with Crippen LogP contribution in [0.3, 0.4) is 0 Å². The van der Waals surface area contributed by atoms with Gasteiger partial charge in [-0.2, -0.15) is 0 Å². The third-order valence-electron chi connectivity index (χ3n) is 5.69. The summed E-state index contributed by atoms with van der Waals surface area (Å²) in [7, 11) is 0. The molecule has 0 radical (unpaired) electrons. The quantitative estimate of drug-likeness (QED) is 0.176. The number of unbranched alkanes of at least 4 members (excludes halogenated alkanes) is 3. The van der Waals surface area contributed by atoms with Crippen LogP contribution in [-0.2, 0) is 14.3 Å². The van der Waals surface area contributed by atoms with E-state index in [2.05, 4.69) is 24.8 Å². The van der Waals surface area contributed by atoms with Crippen molar-refractivity contribution in [1.82, 2.24) is 0 Å². The first-order valence-electron chi connectivity index (χ1n) is 11.8. The highest BCUT2D eigenvalue weighted by Crippen LogP contribution is 2.36. The lowest BCUT2D eigenvalue weighted by molar-refractivity contribution is -0.151. The van der Waals surface area contributed by atoms with E-state index in [4.69, 9.17) is 9.84 Å². The van der Waals surface area contributed by atoms with Gasteiger partial charge in [0.15, 0.2) is 0 Å². The number of aliphatic carboxylic acids is 1. The van der Waals surface area contributed by atoms with E-state index < -0.39 is 12.1 Å². The number of carboxylic acid groups (broad SMARTS) is 1. The zero-order valence-electron chi connectivity index (χ0n) is 19.2. The molecule has 31 heavy (non-hydrogen) atoms. The lowest BCUT2D eigenvalue weighted by Crippen LogP contribution is -2.33. The third-order valence-corrected chi connectivity index (χ3v) is 5.69. The van der Waals surface area contributed by atoms with Gasteiger partial charge in [0, 0.05) is 32.1 Å². The minimum Gasteiger partial charge on any atom is -0.481 e. The number of carbonyl (C=O) groups excluding carboxylic acids is 1. The summed E-state index contributed by atoms with van der Waals surface area (Å²) in [6.07, 6.45) is 17.1. The molecule has 4 atom stereocenters. The van der Waals surface area contributed by atoms with E-state index in [1.165, 1.54) is 19.8 Å². The van der Waals surface area contributed by atoms with Crippen LogP contribution in [0.25, 0.3) is 0 Å². The molecule has 1 aliphatic carbocycles. The minimum absolute atomic E-state index is 0.0904. The van der Waals surface area contributed by atoms with Gasteiger partial charge in [-0.25, -0.2) is 0 Å². The first-order chi connectivity index (χ1) is 14.9. The van der Waals surface area contributed by atoms with Gasteiger partial charge in [-0.3, -0.25) is 9.59 Å². The molecule has 0 saturated heterocycles. The highest BCUT2D eigenvalue weighted by Gasteiger charge is 2.32. The summed E-state index contributed by atoms with van der Waals surface area (Å²) in [5.41, 5.74) is 0. The van der Waals surface area contributed by atoms with Gasteiger partial charge in [0.05, 0.1) is 6.10 Å². The molecule has 0 aromatic heterocycles. The number of carboxylic acids is 1. The molecule has 174 valence electrons. The van der Waals surface area contributed by atoms with Gasteiger partial charge < -0.3 is 14.9 Å². The van der Waals surface area contributed by atoms with E-state index in [1.54, 1.807) is 6.08 Å². The molecule has 0 aromatic rings. The Balaban J connectivity index is 2.59. The lowest BCUT2D eigenvalue weighted by Gasteiger charge is -2.35. The number of aliphatic hydroxyl groups is 1. The fourth-order valence-corrected chi connectivity index (χ4v) is 4.11. The molecule has 0 spiro atoms. The lowest BCUT2D eigenvalue weighted by atomic mass is 9.75. The van der Waals surface area contributed by atoms with Crippen LogP contribution in [0.1, 0.15) is 90.9 Å². The van der Waals surface area contributed by atoms with E-state index in [9.17, 15) is 14.7 Å². The number of hydrogen-bond acceptors (Lipinski definition) is 4. The Labute approximate surface area is 188 Å². The Hall–Kier alpha value is -2.06. The molecule has 2 N–H and O–H groups in total. The second-order valence-electron chi connectivity index (χ2n) is 8.40. The van der Waals surface area contributed by atoms with E-state index in [0.717, 1.165) is 38.5 Å². The molecule has 2 unspecified atom stereocenters. The molecule has 0 amide bonds. The van der Waals surface area contributed by atoms with Crippen molar-refractivity contribution >= 4 is 11.9 Å². The van der Waals surface area contributed by atoms with E-state index in [0.29, 0.717) is 19.3 Å². The highest BCUT2D eigenvalue weighted by molar-refractivity contribution is 5.67. The van der Waals surface area contributed by atoms with E-state index >= 15 is 0 Å². The van der Waals surface area contributed by atoms with Crippen LogP contribution < -0.4 is 0 Å². The summed E-state index contributed by atoms with van der Waals surface area (Å²) in [6, 6.07) is 0. The van der Waals surface area contributed by atoms with Crippen molar-refractivity contribution < 1.29 is 24.5 Å². The molecule has 0 heterocycles. The first-order valence-corrected chi connectivity index (χ1v) is 11.8. The Morgan fingerprint density at radius 3 is 2.61 bits per heavy atom. The summed E-state index contributed by atoms with van der Waals surface area (Å²) in [5.74, 6) is 5.50. The Morgan fingerprint density at radius 1 is 1.13 bits per heavy atom. The zero-order chi connectivity index (χ0) is 22.9. The molecule has 0 aliphatic heterocycles. The molecule has 1 aliphatic rings. The molecule has 0 aromatic carbocycles. The number of carbonyl (C=O) groups is 2. The van der Waals surface area contributed by atoms with Crippen molar-refractivity contribution in [3.05, 3.63) is 24.3 Å². The number of allylic oxidation sites excluding steroid dienone is 3. The molecule has 0 bridgehead atoms. The highest BCUT2D eigenvalue weighted by atomic mass is 16.5. The number of esters is 1. The van der Waals surface area contributed by atoms with E-state index in [-0.39, 0.29) is 30.3 Å². The normalized spacial score (nSPS) is 20.9. The average molecular weight is 433 g/mol. The monoisotopic (exact) mass is 432 g/mol. The Kier molecular flexibility index (Phi) is 14.5. The van der Waals surface area contributed by atoms with Crippen LogP contribution >= 0.6 is 0 Å². The fourth-order valence-electron chi connectivity index (χ4n) is 4.11. The molecular formula is C26H40O5. The van der Waals surface area contributed by atoms with Gasteiger partial charge >= 0.3 is 11.9 Å². The third kappa shape index (κ3) is 13.1. The molecule has 1 rings (SSSR count). The Bertz CT molecular complexity index is 640. The van der Waals surface area contributed by atoms with Crippen molar-refractivity contribution in [2.75, 3.05) is 0 Å². The SMILES string of the molecule is CCCCCC#CCC(O)/C=C/C=C/[C@H]1CCCC[C@H]1C(CCCC(=O)O)OC(C)=O. The smallest absolute Gasteiger partial charge is 0.303 e. The second-order valence-corrected chi connectivity index (χ2v) is 8.40. The Morgan fingerprint density at radius 2 is 1.90 bits per heavy atom. The van der Waals surface area contributed by atoms with Gasteiger partial charge in [-0.15, -0.1) is 11.8 Å². The van der Waals surface area contributed by atoms with E-state index in [1.807, 2.05) is 12.2 Å². The minimum atomic E-state index is -0.823. The molecule has 5 nitrogen and oxygen atoms in total. The van der Waals surface area contributed by atoms with Crippen LogP contribution in [-0.4, -0.2) is 34.4 Å². The van der Waals surface area contributed by atoms with Crippen molar-refractivity contribution in [2.45, 2.75) is 103 Å². The molecule has 5 heteroatoms. The summed E-state index contributed by atoms with van der Waals surface area (Å²) in [6.45, 7) is 3.58. The van der Waals surface area contributed by atoms with Crippen molar-refractivity contribution in [2.24, 2.45) is 11.8 Å². The number of hydrogen-bond donors (Lipinski definition) is 2. The maximum Gasteiger partial charge on any atom is 0.303 e. The van der Waals surface area contributed by atoms with Crippen LogP contribution in [0.15, 0.2) is 24.3 Å². The number of rotatable bonds is 13. The number of aliphatic hydroxyl groups excluding tert-OH is 1. The van der Waals surface area contributed by atoms with Crippen LogP contribution in [0.4, 0.5) is 0 Å².